The van der Waals surface area contributed by atoms with Crippen molar-refractivity contribution in [3.05, 3.63) is 24.3 Å². The number of amides is 4. The average molecular weight is 476 g/mol. The minimum Gasteiger partial charge on any atom is -0.325 e. The van der Waals surface area contributed by atoms with E-state index in [0.717, 1.165) is 38.8 Å². The average Bonchev–Trinajstić information content (AvgIpc) is 2.98. The predicted molar refractivity (Wildman–Crippen MR) is 125 cm³/mol. The van der Waals surface area contributed by atoms with E-state index >= 15 is 0 Å². The van der Waals surface area contributed by atoms with Crippen LogP contribution in [0.5, 0.6) is 0 Å². The van der Waals surface area contributed by atoms with Crippen LogP contribution in [0.2, 0.25) is 0 Å². The largest absolute Gasteiger partial charge is 0.325 e. The fourth-order valence-corrected chi connectivity index (χ4v) is 6.00. The van der Waals surface area contributed by atoms with Crippen LogP contribution in [-0.4, -0.2) is 72.5 Å². The van der Waals surface area contributed by atoms with Crippen molar-refractivity contribution in [3.8, 4) is 0 Å². The minimum atomic E-state index is -3.17. The van der Waals surface area contributed by atoms with Crippen LogP contribution in [0.3, 0.4) is 0 Å². The van der Waals surface area contributed by atoms with Gasteiger partial charge >= 0.3 is 6.03 Å². The summed E-state index contributed by atoms with van der Waals surface area (Å²) >= 11 is 0. The van der Waals surface area contributed by atoms with Gasteiger partial charge in [0.2, 0.25) is 5.91 Å². The van der Waals surface area contributed by atoms with Gasteiger partial charge in [-0.2, -0.15) is 5.10 Å². The first-order chi connectivity index (χ1) is 15.8. The van der Waals surface area contributed by atoms with Crippen molar-refractivity contribution >= 4 is 44.8 Å². The number of nitrogens with one attached hydrogen (secondary N) is 2. The van der Waals surface area contributed by atoms with Gasteiger partial charge in [-0.05, 0) is 43.5 Å². The van der Waals surface area contributed by atoms with Gasteiger partial charge in [-0.1, -0.05) is 12.8 Å². The van der Waals surface area contributed by atoms with Gasteiger partial charge in [-0.3, -0.25) is 9.59 Å². The van der Waals surface area contributed by atoms with Crippen molar-refractivity contribution in [3.63, 3.8) is 0 Å². The number of hydrogen-bond donors (Lipinski definition) is 2. The first-order valence-electron chi connectivity index (χ1n) is 11.4. The van der Waals surface area contributed by atoms with E-state index in [0.29, 0.717) is 17.8 Å². The number of nitrogens with zero attached hydrogens (tertiary/aromatic N) is 3. The summed E-state index contributed by atoms with van der Waals surface area (Å²) in [6.45, 7) is 1.52. The van der Waals surface area contributed by atoms with Crippen molar-refractivity contribution in [1.29, 1.82) is 0 Å². The molecule has 4 amide bonds. The molecule has 1 unspecified atom stereocenters. The van der Waals surface area contributed by atoms with Crippen molar-refractivity contribution < 1.29 is 22.8 Å². The maximum absolute atomic E-state index is 12.7. The molecule has 1 atom stereocenters. The smallest absolute Gasteiger partial charge is 0.321 e. The second-order valence-electron chi connectivity index (χ2n) is 8.70. The molecule has 0 bridgehead atoms. The van der Waals surface area contributed by atoms with Crippen LogP contribution in [0.25, 0.3) is 0 Å². The lowest BCUT2D eigenvalue weighted by Gasteiger charge is -2.27. The lowest BCUT2D eigenvalue weighted by atomic mass is 10.1. The Bertz CT molecular complexity index is 1050. The molecule has 0 aliphatic carbocycles. The molecule has 3 aliphatic heterocycles. The third-order valence-electron chi connectivity index (χ3n) is 6.16. The SMILES string of the molecule is O=C(Nc1ccc(NC(=O)N2CCCCCC2)cc1)C1=NN(C2CCS(=O)(=O)C2)C(=O)CC1. The number of rotatable bonds is 4. The van der Waals surface area contributed by atoms with Crippen LogP contribution >= 0.6 is 0 Å². The molecular formula is C22H29N5O5S. The Balaban J connectivity index is 1.35. The maximum atomic E-state index is 12.7. The third-order valence-corrected chi connectivity index (χ3v) is 7.91. The molecule has 2 saturated heterocycles. The van der Waals surface area contributed by atoms with Gasteiger partial charge < -0.3 is 15.5 Å². The molecular weight excluding hydrogens is 446 g/mol. The van der Waals surface area contributed by atoms with Gasteiger partial charge in [0.05, 0.1) is 17.5 Å². The van der Waals surface area contributed by atoms with Crippen molar-refractivity contribution in [1.82, 2.24) is 9.91 Å². The molecule has 1 aromatic carbocycles. The Morgan fingerprint density at radius 2 is 1.58 bits per heavy atom. The number of likely N-dealkylation sites (tertiary alicyclic amines) is 1. The zero-order valence-electron chi connectivity index (χ0n) is 18.5. The third kappa shape index (κ3) is 5.89. The second kappa shape index (κ2) is 9.90. The number of carbonyl (C=O) groups excluding carboxylic acids is 3. The van der Waals surface area contributed by atoms with E-state index in [9.17, 15) is 22.8 Å². The highest BCUT2D eigenvalue weighted by Gasteiger charge is 2.37. The Morgan fingerprint density at radius 3 is 2.18 bits per heavy atom. The van der Waals surface area contributed by atoms with Gasteiger partial charge in [-0.25, -0.2) is 18.2 Å². The first-order valence-corrected chi connectivity index (χ1v) is 13.2. The van der Waals surface area contributed by atoms with Crippen molar-refractivity contribution in [2.24, 2.45) is 5.10 Å². The highest BCUT2D eigenvalue weighted by molar-refractivity contribution is 7.91. The maximum Gasteiger partial charge on any atom is 0.321 e. The molecule has 0 spiro atoms. The van der Waals surface area contributed by atoms with Crippen LogP contribution in [0, 0.1) is 0 Å². The number of anilines is 2. The second-order valence-corrected chi connectivity index (χ2v) is 10.9. The lowest BCUT2D eigenvalue weighted by Crippen LogP contribution is -2.42. The van der Waals surface area contributed by atoms with E-state index in [1.807, 2.05) is 4.90 Å². The summed E-state index contributed by atoms with van der Waals surface area (Å²) in [4.78, 5) is 39.2. The van der Waals surface area contributed by atoms with Gasteiger partial charge in [0.25, 0.3) is 5.91 Å². The Morgan fingerprint density at radius 1 is 0.939 bits per heavy atom. The monoisotopic (exact) mass is 475 g/mol. The van der Waals surface area contributed by atoms with Gasteiger partial charge in [0.1, 0.15) is 5.71 Å². The highest BCUT2D eigenvalue weighted by Crippen LogP contribution is 2.23. The Labute approximate surface area is 193 Å². The molecule has 2 N–H and O–H groups in total. The molecule has 11 heteroatoms. The van der Waals surface area contributed by atoms with E-state index in [1.165, 1.54) is 5.01 Å². The number of benzene rings is 1. The molecule has 3 aliphatic rings. The predicted octanol–water partition coefficient (Wildman–Crippen LogP) is 2.20. The number of hydrogen-bond acceptors (Lipinski definition) is 6. The summed E-state index contributed by atoms with van der Waals surface area (Å²) in [5.74, 6) is -0.797. The summed E-state index contributed by atoms with van der Waals surface area (Å²) in [6.07, 6.45) is 4.97. The van der Waals surface area contributed by atoms with Crippen molar-refractivity contribution in [2.45, 2.75) is 51.0 Å². The summed E-state index contributed by atoms with van der Waals surface area (Å²) in [6, 6.07) is 6.17. The van der Waals surface area contributed by atoms with E-state index < -0.39 is 21.8 Å². The quantitative estimate of drug-likeness (QED) is 0.690. The summed E-state index contributed by atoms with van der Waals surface area (Å²) in [5.41, 5.74) is 1.36. The minimum absolute atomic E-state index is 0.0269. The fourth-order valence-electron chi connectivity index (χ4n) is 4.30. The van der Waals surface area contributed by atoms with E-state index in [4.69, 9.17) is 0 Å². The fraction of sp³-hybridized carbons (Fsp3) is 0.545. The molecule has 4 rings (SSSR count). The van der Waals surface area contributed by atoms with E-state index in [-0.39, 0.29) is 42.0 Å². The van der Waals surface area contributed by atoms with Gasteiger partial charge in [0.15, 0.2) is 9.84 Å². The molecule has 0 radical (unpaired) electrons. The van der Waals surface area contributed by atoms with E-state index in [1.54, 1.807) is 24.3 Å². The Kier molecular flexibility index (Phi) is 6.96. The molecule has 33 heavy (non-hydrogen) atoms. The number of carbonyl (C=O) groups is 3. The Hall–Kier alpha value is -2.95. The molecule has 2 fully saturated rings. The first kappa shape index (κ1) is 23.2. The standard InChI is InChI=1S/C22H29N5O5S/c28-20-10-9-19(25-27(20)18-11-14-33(31,32)15-18)21(29)23-16-5-7-17(8-6-16)24-22(30)26-12-3-1-2-4-13-26/h5-8,18H,1-4,9-15H2,(H,23,29)(H,24,30). The zero-order chi connectivity index (χ0) is 23.4. The molecule has 1 aromatic rings. The van der Waals surface area contributed by atoms with Crippen LogP contribution < -0.4 is 10.6 Å². The molecule has 0 saturated carbocycles. The van der Waals surface area contributed by atoms with Gasteiger partial charge in [0, 0.05) is 37.3 Å². The highest BCUT2D eigenvalue weighted by atomic mass is 32.2. The molecule has 178 valence electrons. The van der Waals surface area contributed by atoms with Crippen LogP contribution in [-0.2, 0) is 19.4 Å². The van der Waals surface area contributed by atoms with Crippen LogP contribution in [0.4, 0.5) is 16.2 Å². The zero-order valence-corrected chi connectivity index (χ0v) is 19.3. The van der Waals surface area contributed by atoms with Crippen LogP contribution in [0.15, 0.2) is 29.4 Å². The normalized spacial score (nSPS) is 23.0. The van der Waals surface area contributed by atoms with E-state index in [2.05, 4.69) is 15.7 Å². The molecule has 3 heterocycles. The summed E-state index contributed by atoms with van der Waals surface area (Å²) in [7, 11) is -3.17. The lowest BCUT2D eigenvalue weighted by molar-refractivity contribution is -0.133. The van der Waals surface area contributed by atoms with Gasteiger partial charge in [-0.15, -0.1) is 0 Å². The van der Waals surface area contributed by atoms with Crippen LogP contribution in [0.1, 0.15) is 44.9 Å². The molecule has 10 nitrogen and oxygen atoms in total. The summed E-state index contributed by atoms with van der Waals surface area (Å²) in [5, 5.41) is 11.0. The topological polar surface area (TPSA) is 128 Å². The van der Waals surface area contributed by atoms with Crippen molar-refractivity contribution in [2.75, 3.05) is 35.2 Å². The molecule has 0 aromatic heterocycles. The number of urea groups is 1. The summed E-state index contributed by atoms with van der Waals surface area (Å²) < 4.78 is 23.5. The number of hydrazone groups is 1. The number of sulfone groups is 1.